The third-order valence-electron chi connectivity index (χ3n) is 1.41. The van der Waals surface area contributed by atoms with Crippen molar-refractivity contribution >= 4 is 0 Å². The second-order valence-corrected chi connectivity index (χ2v) is 2.11. The summed E-state index contributed by atoms with van der Waals surface area (Å²) < 4.78 is 1.77. The van der Waals surface area contributed by atoms with Gasteiger partial charge in [-0.25, -0.2) is 0 Å². The molecule has 3 nitrogen and oxygen atoms in total. The van der Waals surface area contributed by atoms with Crippen molar-refractivity contribution in [2.24, 2.45) is 0 Å². The highest BCUT2D eigenvalue weighted by Gasteiger charge is 1.96. The highest BCUT2D eigenvalue weighted by Crippen LogP contribution is 2.00. The van der Waals surface area contributed by atoms with E-state index in [0.29, 0.717) is 18.7 Å². The van der Waals surface area contributed by atoms with Crippen LogP contribution in [0.1, 0.15) is 12.1 Å². The van der Waals surface area contributed by atoms with Crippen LogP contribution in [0.15, 0.2) is 18.3 Å². The summed E-state index contributed by atoms with van der Waals surface area (Å²) in [4.78, 5) is 0. The van der Waals surface area contributed by atoms with Crippen molar-refractivity contribution in [1.82, 2.24) is 4.57 Å². The minimum Gasteiger partial charge on any atom is -0.338 e. The Morgan fingerprint density at radius 3 is 2.91 bits per heavy atom. The van der Waals surface area contributed by atoms with Crippen molar-refractivity contribution < 1.29 is 0 Å². The van der Waals surface area contributed by atoms with Gasteiger partial charge < -0.3 is 4.57 Å². The predicted octanol–water partition coefficient (Wildman–Crippen LogP) is 1.27. The van der Waals surface area contributed by atoms with Gasteiger partial charge in [-0.05, 0) is 12.1 Å². The van der Waals surface area contributed by atoms with Gasteiger partial charge in [0.15, 0.2) is 0 Å². The standard InChI is InChI=1S/C8H7N3/c9-4-2-6-11-5-1-3-8(11)7-10/h1,3,5H,2,6H2. The lowest BCUT2D eigenvalue weighted by atomic mass is 10.4. The Morgan fingerprint density at radius 1 is 1.45 bits per heavy atom. The maximum Gasteiger partial charge on any atom is 0.120 e. The van der Waals surface area contributed by atoms with Gasteiger partial charge >= 0.3 is 0 Å². The topological polar surface area (TPSA) is 52.5 Å². The molecule has 0 aliphatic carbocycles. The van der Waals surface area contributed by atoms with Crippen LogP contribution in [-0.4, -0.2) is 4.57 Å². The molecule has 0 radical (unpaired) electrons. The first kappa shape index (κ1) is 7.37. The lowest BCUT2D eigenvalue weighted by molar-refractivity contribution is 0.712. The fourth-order valence-corrected chi connectivity index (χ4v) is 0.881. The van der Waals surface area contributed by atoms with Crippen molar-refractivity contribution in [3.63, 3.8) is 0 Å². The van der Waals surface area contributed by atoms with Crippen LogP contribution in [0.5, 0.6) is 0 Å². The molecule has 0 atom stereocenters. The second kappa shape index (κ2) is 3.43. The number of rotatable bonds is 2. The number of aryl methyl sites for hydroxylation is 1. The summed E-state index contributed by atoms with van der Waals surface area (Å²) in [5.74, 6) is 0. The largest absolute Gasteiger partial charge is 0.338 e. The Hall–Kier alpha value is -1.74. The van der Waals surface area contributed by atoms with Gasteiger partial charge in [0, 0.05) is 12.7 Å². The van der Waals surface area contributed by atoms with Gasteiger partial charge in [0.1, 0.15) is 11.8 Å². The van der Waals surface area contributed by atoms with E-state index in [1.54, 1.807) is 22.9 Å². The molecule has 1 aromatic heterocycles. The number of aromatic nitrogens is 1. The van der Waals surface area contributed by atoms with E-state index in [2.05, 4.69) is 0 Å². The smallest absolute Gasteiger partial charge is 0.120 e. The van der Waals surface area contributed by atoms with Crippen LogP contribution in [0.3, 0.4) is 0 Å². The minimum absolute atomic E-state index is 0.448. The van der Waals surface area contributed by atoms with E-state index < -0.39 is 0 Å². The van der Waals surface area contributed by atoms with E-state index in [9.17, 15) is 0 Å². The monoisotopic (exact) mass is 145 g/mol. The molecule has 0 spiro atoms. The summed E-state index contributed by atoms with van der Waals surface area (Å²) in [6, 6.07) is 7.60. The average molecular weight is 145 g/mol. The van der Waals surface area contributed by atoms with Crippen molar-refractivity contribution in [2.45, 2.75) is 13.0 Å². The molecule has 0 unspecified atom stereocenters. The molecule has 11 heavy (non-hydrogen) atoms. The first-order valence-electron chi connectivity index (χ1n) is 3.30. The second-order valence-electron chi connectivity index (χ2n) is 2.11. The van der Waals surface area contributed by atoms with Crippen molar-refractivity contribution in [2.75, 3.05) is 0 Å². The third-order valence-corrected chi connectivity index (χ3v) is 1.41. The van der Waals surface area contributed by atoms with Crippen molar-refractivity contribution in [1.29, 1.82) is 10.5 Å². The molecule has 0 aromatic carbocycles. The summed E-state index contributed by atoms with van der Waals surface area (Å²) in [5.41, 5.74) is 0.611. The van der Waals surface area contributed by atoms with Crippen LogP contribution >= 0.6 is 0 Å². The molecule has 0 saturated carbocycles. The van der Waals surface area contributed by atoms with Crippen LogP contribution in [0.25, 0.3) is 0 Å². The molecule has 1 aromatic rings. The molecule has 1 heterocycles. The fraction of sp³-hybridized carbons (Fsp3) is 0.250. The number of hydrogen-bond acceptors (Lipinski definition) is 2. The van der Waals surface area contributed by atoms with E-state index in [0.717, 1.165) is 0 Å². The molecule has 0 saturated heterocycles. The zero-order valence-corrected chi connectivity index (χ0v) is 5.99. The van der Waals surface area contributed by atoms with Crippen LogP contribution in [0, 0.1) is 22.7 Å². The summed E-state index contributed by atoms with van der Waals surface area (Å²) in [5, 5.41) is 16.8. The molecule has 0 aliphatic rings. The summed E-state index contributed by atoms with van der Waals surface area (Å²) in [6.45, 7) is 0.604. The van der Waals surface area contributed by atoms with Gasteiger partial charge in [-0.2, -0.15) is 10.5 Å². The number of hydrogen-bond donors (Lipinski definition) is 0. The molecule has 3 heteroatoms. The zero-order chi connectivity index (χ0) is 8.10. The molecule has 0 aliphatic heterocycles. The third kappa shape index (κ3) is 1.59. The molecule has 0 N–H and O–H groups in total. The first-order chi connectivity index (χ1) is 5.38. The molecular weight excluding hydrogens is 138 g/mol. The molecule has 54 valence electrons. The predicted molar refractivity (Wildman–Crippen MR) is 39.4 cm³/mol. The fourth-order valence-electron chi connectivity index (χ4n) is 0.881. The first-order valence-corrected chi connectivity index (χ1v) is 3.30. The molecule has 1 rings (SSSR count). The Balaban J connectivity index is 2.72. The Bertz CT molecular complexity index is 311. The normalized spacial score (nSPS) is 8.55. The van der Waals surface area contributed by atoms with Crippen molar-refractivity contribution in [3.05, 3.63) is 24.0 Å². The number of nitrogens with zero attached hydrogens (tertiary/aromatic N) is 3. The highest BCUT2D eigenvalue weighted by atomic mass is 15.0. The van der Waals surface area contributed by atoms with E-state index >= 15 is 0 Å². The van der Waals surface area contributed by atoms with E-state index in [1.165, 1.54) is 0 Å². The lowest BCUT2D eigenvalue weighted by Gasteiger charge is -1.97. The Kier molecular flexibility index (Phi) is 2.30. The summed E-state index contributed by atoms with van der Waals surface area (Å²) >= 11 is 0. The average Bonchev–Trinajstić information content (AvgIpc) is 2.47. The van der Waals surface area contributed by atoms with Crippen LogP contribution in [0.2, 0.25) is 0 Å². The summed E-state index contributed by atoms with van der Waals surface area (Å²) in [6.07, 6.45) is 2.25. The van der Waals surface area contributed by atoms with E-state index in [-0.39, 0.29) is 0 Å². The van der Waals surface area contributed by atoms with E-state index in [4.69, 9.17) is 10.5 Å². The Labute approximate surface area is 65.1 Å². The molecule has 0 fully saturated rings. The summed E-state index contributed by atoms with van der Waals surface area (Å²) in [7, 11) is 0. The molecule has 0 bridgehead atoms. The quantitative estimate of drug-likeness (QED) is 0.629. The lowest BCUT2D eigenvalue weighted by Crippen LogP contribution is -1.97. The zero-order valence-electron chi connectivity index (χ0n) is 5.99. The minimum atomic E-state index is 0.448. The molecule has 0 amide bonds. The SMILES string of the molecule is N#CCCn1cccc1C#N. The van der Waals surface area contributed by atoms with Gasteiger partial charge in [0.05, 0.1) is 12.5 Å². The maximum atomic E-state index is 8.55. The van der Waals surface area contributed by atoms with Gasteiger partial charge in [0.25, 0.3) is 0 Å². The Morgan fingerprint density at radius 2 is 2.27 bits per heavy atom. The van der Waals surface area contributed by atoms with Crippen LogP contribution in [0.4, 0.5) is 0 Å². The number of nitriles is 2. The van der Waals surface area contributed by atoms with Crippen LogP contribution < -0.4 is 0 Å². The van der Waals surface area contributed by atoms with E-state index in [1.807, 2.05) is 12.1 Å². The van der Waals surface area contributed by atoms with Crippen molar-refractivity contribution in [3.8, 4) is 12.1 Å². The molecular formula is C8H7N3. The van der Waals surface area contributed by atoms with Gasteiger partial charge in [-0.15, -0.1) is 0 Å². The van der Waals surface area contributed by atoms with Gasteiger partial charge in [-0.1, -0.05) is 0 Å². The van der Waals surface area contributed by atoms with Gasteiger partial charge in [-0.3, -0.25) is 0 Å². The maximum absolute atomic E-state index is 8.55. The van der Waals surface area contributed by atoms with Crippen LogP contribution in [-0.2, 0) is 6.54 Å². The highest BCUT2D eigenvalue weighted by molar-refractivity contribution is 5.21. The van der Waals surface area contributed by atoms with Gasteiger partial charge in [0.2, 0.25) is 0 Å².